The number of carbonyl (C=O) groups excluding carboxylic acids is 2. The van der Waals surface area contributed by atoms with Gasteiger partial charge in [-0.15, -0.1) is 0 Å². The van der Waals surface area contributed by atoms with E-state index < -0.39 is 28.2 Å². The van der Waals surface area contributed by atoms with Gasteiger partial charge >= 0.3 is 11.8 Å². The molecule has 0 saturated heterocycles. The van der Waals surface area contributed by atoms with Crippen LogP contribution in [0.1, 0.15) is 5.56 Å². The molecule has 112 valence electrons. The molecule has 0 aromatic heterocycles. The zero-order chi connectivity index (χ0) is 16.0. The largest absolute Gasteiger partial charge is 0.865 e. The SMILES string of the molecule is CNC(=O)C(=O)N/N=C\c1cc(OC)c([O-])c([N+](=O)[O-])c1. The van der Waals surface area contributed by atoms with Gasteiger partial charge in [0.15, 0.2) is 0 Å². The fourth-order valence-corrected chi connectivity index (χ4v) is 1.30. The molecule has 21 heavy (non-hydrogen) atoms. The highest BCUT2D eigenvalue weighted by Gasteiger charge is 2.13. The van der Waals surface area contributed by atoms with Crippen LogP contribution in [0.2, 0.25) is 0 Å². The van der Waals surface area contributed by atoms with Gasteiger partial charge in [0.2, 0.25) is 0 Å². The predicted molar refractivity (Wildman–Crippen MR) is 68.9 cm³/mol. The summed E-state index contributed by atoms with van der Waals surface area (Å²) < 4.78 is 4.73. The summed E-state index contributed by atoms with van der Waals surface area (Å²) in [6.45, 7) is 0. The van der Waals surface area contributed by atoms with Gasteiger partial charge in [0.25, 0.3) is 5.69 Å². The summed E-state index contributed by atoms with van der Waals surface area (Å²) in [5, 5.41) is 27.8. The zero-order valence-corrected chi connectivity index (χ0v) is 11.1. The van der Waals surface area contributed by atoms with Gasteiger partial charge in [0, 0.05) is 24.4 Å². The summed E-state index contributed by atoms with van der Waals surface area (Å²) in [7, 11) is 2.46. The number of hydrogen-bond donors (Lipinski definition) is 2. The third kappa shape index (κ3) is 3.89. The topological polar surface area (TPSA) is 146 Å². The minimum Gasteiger partial charge on any atom is -0.865 e. The van der Waals surface area contributed by atoms with Gasteiger partial charge in [-0.1, -0.05) is 0 Å². The fourth-order valence-electron chi connectivity index (χ4n) is 1.30. The highest BCUT2D eigenvalue weighted by molar-refractivity contribution is 6.34. The molecule has 0 spiro atoms. The van der Waals surface area contributed by atoms with E-state index in [2.05, 4.69) is 10.4 Å². The van der Waals surface area contributed by atoms with E-state index in [4.69, 9.17) is 4.74 Å². The Balaban J connectivity index is 2.98. The van der Waals surface area contributed by atoms with Crippen molar-refractivity contribution in [3.05, 3.63) is 27.8 Å². The maximum Gasteiger partial charge on any atom is 0.329 e. The first-order valence-electron chi connectivity index (χ1n) is 5.49. The molecule has 0 aliphatic heterocycles. The normalized spacial score (nSPS) is 10.2. The fraction of sp³-hybridized carbons (Fsp3) is 0.182. The number of nitro groups is 1. The Morgan fingerprint density at radius 3 is 2.57 bits per heavy atom. The molecular weight excluding hydrogens is 284 g/mol. The molecule has 10 heteroatoms. The van der Waals surface area contributed by atoms with Crippen molar-refractivity contribution in [2.75, 3.05) is 14.2 Å². The van der Waals surface area contributed by atoms with Crippen LogP contribution >= 0.6 is 0 Å². The molecule has 1 rings (SSSR count). The lowest BCUT2D eigenvalue weighted by molar-refractivity contribution is -0.398. The highest BCUT2D eigenvalue weighted by atomic mass is 16.6. The number of carbonyl (C=O) groups is 2. The van der Waals surface area contributed by atoms with Crippen molar-refractivity contribution >= 4 is 23.7 Å². The number of benzene rings is 1. The molecule has 1 aromatic rings. The first-order chi connectivity index (χ1) is 9.90. The number of methoxy groups -OCH3 is 1. The van der Waals surface area contributed by atoms with Crippen LogP contribution in [0.5, 0.6) is 11.5 Å². The van der Waals surface area contributed by atoms with Crippen LogP contribution in [0.3, 0.4) is 0 Å². The van der Waals surface area contributed by atoms with E-state index in [1.165, 1.54) is 20.2 Å². The van der Waals surface area contributed by atoms with Crippen molar-refractivity contribution < 1.29 is 24.4 Å². The van der Waals surface area contributed by atoms with E-state index in [-0.39, 0.29) is 11.3 Å². The molecule has 0 fully saturated rings. The van der Waals surface area contributed by atoms with Crippen LogP contribution in [-0.4, -0.2) is 37.1 Å². The number of nitrogens with one attached hydrogen (secondary N) is 2. The molecule has 0 aliphatic rings. The summed E-state index contributed by atoms with van der Waals surface area (Å²) in [5.74, 6) is -3.00. The molecule has 10 nitrogen and oxygen atoms in total. The lowest BCUT2D eigenvalue weighted by Gasteiger charge is -2.12. The van der Waals surface area contributed by atoms with Gasteiger partial charge in [-0.25, -0.2) is 5.43 Å². The minimum atomic E-state index is -1.00. The van der Waals surface area contributed by atoms with Crippen LogP contribution in [0.25, 0.3) is 0 Å². The molecule has 0 atom stereocenters. The average Bonchev–Trinajstić information content (AvgIpc) is 2.47. The third-order valence-corrected chi connectivity index (χ3v) is 2.29. The highest BCUT2D eigenvalue weighted by Crippen LogP contribution is 2.33. The molecule has 0 bridgehead atoms. The second-order valence-electron chi connectivity index (χ2n) is 3.61. The molecule has 2 N–H and O–H groups in total. The number of hydrazone groups is 1. The Morgan fingerprint density at radius 2 is 2.05 bits per heavy atom. The Morgan fingerprint density at radius 1 is 1.38 bits per heavy atom. The quantitative estimate of drug-likeness (QED) is 0.311. The summed E-state index contributed by atoms with van der Waals surface area (Å²) in [6, 6.07) is 2.19. The Bertz CT molecular complexity index is 613. The van der Waals surface area contributed by atoms with Crippen LogP contribution < -0.4 is 20.6 Å². The molecule has 0 heterocycles. The number of likely N-dealkylation sites (N-methyl/N-ethyl adjacent to an activating group) is 1. The lowest BCUT2D eigenvalue weighted by Crippen LogP contribution is -2.35. The van der Waals surface area contributed by atoms with Crippen molar-refractivity contribution in [1.29, 1.82) is 0 Å². The van der Waals surface area contributed by atoms with E-state index >= 15 is 0 Å². The molecular formula is C11H11N4O6-. The molecule has 0 aliphatic carbocycles. The van der Waals surface area contributed by atoms with Gasteiger partial charge < -0.3 is 15.2 Å². The number of amides is 2. The van der Waals surface area contributed by atoms with E-state index in [1.807, 2.05) is 5.43 Å². The summed E-state index contributed by atoms with van der Waals surface area (Å²) >= 11 is 0. The lowest BCUT2D eigenvalue weighted by atomic mass is 10.2. The maximum absolute atomic E-state index is 11.6. The average molecular weight is 295 g/mol. The monoisotopic (exact) mass is 295 g/mol. The maximum atomic E-state index is 11.6. The number of ether oxygens (including phenoxy) is 1. The minimum absolute atomic E-state index is 0.148. The smallest absolute Gasteiger partial charge is 0.329 e. The van der Waals surface area contributed by atoms with Crippen molar-refractivity contribution in [3.63, 3.8) is 0 Å². The first kappa shape index (κ1) is 15.9. The van der Waals surface area contributed by atoms with E-state index in [0.29, 0.717) is 0 Å². The second kappa shape index (κ2) is 6.84. The van der Waals surface area contributed by atoms with Gasteiger partial charge in [-0.2, -0.15) is 5.10 Å². The molecule has 0 unspecified atom stereocenters. The third-order valence-electron chi connectivity index (χ3n) is 2.29. The summed E-state index contributed by atoms with van der Waals surface area (Å²) in [6.07, 6.45) is 1.04. The van der Waals surface area contributed by atoms with E-state index in [9.17, 15) is 24.8 Å². The molecule has 1 aromatic carbocycles. The predicted octanol–water partition coefficient (Wildman–Crippen LogP) is -1.13. The van der Waals surface area contributed by atoms with Gasteiger partial charge in [-0.3, -0.25) is 19.7 Å². The standard InChI is InChI=1S/C11H12N4O6/c1-12-10(17)11(18)14-13-5-6-3-7(15(19)20)9(16)8(4-6)21-2/h3-5,16H,1-2H3,(H,12,17)(H,14,18)/p-1/b13-5-. The van der Waals surface area contributed by atoms with Crippen LogP contribution in [0, 0.1) is 10.1 Å². The van der Waals surface area contributed by atoms with Gasteiger partial charge in [0.1, 0.15) is 5.75 Å². The van der Waals surface area contributed by atoms with Gasteiger partial charge in [-0.05, 0) is 6.07 Å². The van der Waals surface area contributed by atoms with Crippen molar-refractivity contribution in [1.82, 2.24) is 10.7 Å². The van der Waals surface area contributed by atoms with Crippen molar-refractivity contribution in [2.45, 2.75) is 0 Å². The van der Waals surface area contributed by atoms with Crippen LogP contribution in [0.15, 0.2) is 17.2 Å². The van der Waals surface area contributed by atoms with Crippen LogP contribution in [-0.2, 0) is 9.59 Å². The first-order valence-corrected chi connectivity index (χ1v) is 5.49. The molecule has 2 amide bonds. The Hall–Kier alpha value is -3.17. The number of nitrogens with zero attached hydrogens (tertiary/aromatic N) is 2. The second-order valence-corrected chi connectivity index (χ2v) is 3.61. The molecule has 0 saturated carbocycles. The van der Waals surface area contributed by atoms with Crippen LogP contribution in [0.4, 0.5) is 5.69 Å². The van der Waals surface area contributed by atoms with E-state index in [0.717, 1.165) is 12.3 Å². The van der Waals surface area contributed by atoms with Crippen molar-refractivity contribution in [3.8, 4) is 11.5 Å². The number of hydrogen-bond acceptors (Lipinski definition) is 7. The zero-order valence-electron chi connectivity index (χ0n) is 11.1. The number of nitro benzene ring substituents is 1. The van der Waals surface area contributed by atoms with E-state index in [1.54, 1.807) is 0 Å². The summed E-state index contributed by atoms with van der Waals surface area (Å²) in [4.78, 5) is 31.9. The van der Waals surface area contributed by atoms with Crippen molar-refractivity contribution in [2.24, 2.45) is 5.10 Å². The van der Waals surface area contributed by atoms with Gasteiger partial charge in [0.05, 0.1) is 18.2 Å². The summed E-state index contributed by atoms with van der Waals surface area (Å²) in [5.41, 5.74) is 1.37. The number of rotatable bonds is 4. The molecule has 0 radical (unpaired) electrons. The Labute approximate surface area is 118 Å². The Kier molecular flexibility index (Phi) is 5.17.